The van der Waals surface area contributed by atoms with Crippen LogP contribution >= 0.6 is 12.4 Å². The van der Waals surface area contributed by atoms with Gasteiger partial charge in [0.25, 0.3) is 10.2 Å². The van der Waals surface area contributed by atoms with Gasteiger partial charge in [0.2, 0.25) is 0 Å². The number of hydrogen-bond donors (Lipinski definition) is 1. The zero-order valence-electron chi connectivity index (χ0n) is 8.51. The minimum absolute atomic E-state index is 0. The maximum Gasteiger partial charge on any atom is 0.281 e. The summed E-state index contributed by atoms with van der Waals surface area (Å²) in [5.74, 6) is 0. The lowest BCUT2D eigenvalue weighted by Gasteiger charge is -2.31. The van der Waals surface area contributed by atoms with Crippen LogP contribution in [0.4, 0.5) is 0 Å². The Bertz CT molecular complexity index is 260. The molecule has 1 fully saturated rings. The Kier molecular flexibility index (Phi) is 5.32. The van der Waals surface area contributed by atoms with Crippen LogP contribution < -0.4 is 5.73 Å². The van der Waals surface area contributed by atoms with Crippen molar-refractivity contribution in [2.75, 3.05) is 27.2 Å². The molecule has 5 nitrogen and oxygen atoms in total. The number of nitrogens with two attached hydrogens (primary N) is 1. The van der Waals surface area contributed by atoms with Crippen LogP contribution in [0.2, 0.25) is 0 Å². The normalized spacial score (nSPS) is 20.9. The second kappa shape index (κ2) is 5.27. The fourth-order valence-corrected chi connectivity index (χ4v) is 2.47. The molecular weight excluding hydrogens is 226 g/mol. The summed E-state index contributed by atoms with van der Waals surface area (Å²) in [6.07, 6.45) is 1.51. The highest BCUT2D eigenvalue weighted by molar-refractivity contribution is 7.86. The predicted octanol–water partition coefficient (Wildman–Crippen LogP) is -0.362. The summed E-state index contributed by atoms with van der Waals surface area (Å²) in [6.45, 7) is 1.09. The van der Waals surface area contributed by atoms with Crippen LogP contribution in [0.1, 0.15) is 12.8 Å². The molecule has 0 unspecified atom stereocenters. The number of piperidine rings is 1. The van der Waals surface area contributed by atoms with Crippen molar-refractivity contribution in [3.05, 3.63) is 0 Å². The Hall–Kier alpha value is 0.120. The van der Waals surface area contributed by atoms with Gasteiger partial charge in [0.1, 0.15) is 0 Å². The SMILES string of the molecule is CN(C)S(=O)(=O)N1CCC(N)CC1.Cl. The fraction of sp³-hybridized carbons (Fsp3) is 1.00. The molecule has 1 saturated heterocycles. The Balaban J connectivity index is 0.00000169. The van der Waals surface area contributed by atoms with Crippen molar-refractivity contribution in [1.82, 2.24) is 8.61 Å². The molecule has 0 aromatic rings. The van der Waals surface area contributed by atoms with Gasteiger partial charge in [-0.25, -0.2) is 0 Å². The first-order chi connectivity index (χ1) is 5.94. The molecule has 7 heteroatoms. The predicted molar refractivity (Wildman–Crippen MR) is 58.6 cm³/mol. The second-order valence-electron chi connectivity index (χ2n) is 3.53. The van der Waals surface area contributed by atoms with Crippen LogP contribution in [0.25, 0.3) is 0 Å². The standard InChI is InChI=1S/C7H17N3O2S.ClH/c1-9(2)13(11,12)10-5-3-7(8)4-6-10;/h7H,3-6,8H2,1-2H3;1H. The van der Waals surface area contributed by atoms with E-state index in [9.17, 15) is 8.42 Å². The number of halogens is 1. The second-order valence-corrected chi connectivity index (χ2v) is 5.67. The lowest BCUT2D eigenvalue weighted by Crippen LogP contribution is -2.47. The first-order valence-corrected chi connectivity index (χ1v) is 5.77. The lowest BCUT2D eigenvalue weighted by atomic mass is 10.1. The number of hydrogen-bond acceptors (Lipinski definition) is 3. The summed E-state index contributed by atoms with van der Waals surface area (Å²) < 4.78 is 25.9. The van der Waals surface area contributed by atoms with Crippen molar-refractivity contribution < 1.29 is 8.42 Å². The Morgan fingerprint density at radius 1 is 1.29 bits per heavy atom. The largest absolute Gasteiger partial charge is 0.328 e. The zero-order valence-corrected chi connectivity index (χ0v) is 10.1. The molecule has 2 N–H and O–H groups in total. The average molecular weight is 244 g/mol. The molecule has 1 aliphatic rings. The summed E-state index contributed by atoms with van der Waals surface area (Å²) in [6, 6.07) is 0.161. The van der Waals surface area contributed by atoms with E-state index < -0.39 is 10.2 Å². The van der Waals surface area contributed by atoms with E-state index in [4.69, 9.17) is 5.73 Å². The average Bonchev–Trinajstić information content (AvgIpc) is 2.04. The van der Waals surface area contributed by atoms with Crippen molar-refractivity contribution >= 4 is 22.6 Å². The summed E-state index contributed by atoms with van der Waals surface area (Å²) >= 11 is 0. The summed E-state index contributed by atoms with van der Waals surface area (Å²) in [7, 11) is -0.121. The van der Waals surface area contributed by atoms with Crippen molar-refractivity contribution in [3.8, 4) is 0 Å². The van der Waals surface area contributed by atoms with Gasteiger partial charge in [-0.1, -0.05) is 0 Å². The van der Waals surface area contributed by atoms with Gasteiger partial charge in [-0.2, -0.15) is 17.0 Å². The van der Waals surface area contributed by atoms with Gasteiger partial charge in [-0.05, 0) is 12.8 Å². The Morgan fingerprint density at radius 3 is 2.07 bits per heavy atom. The third-order valence-electron chi connectivity index (χ3n) is 2.29. The van der Waals surface area contributed by atoms with E-state index in [1.54, 1.807) is 14.1 Å². The maximum absolute atomic E-state index is 11.6. The van der Waals surface area contributed by atoms with E-state index in [2.05, 4.69) is 0 Å². The van der Waals surface area contributed by atoms with Crippen molar-refractivity contribution in [1.29, 1.82) is 0 Å². The highest BCUT2D eigenvalue weighted by Gasteiger charge is 2.27. The van der Waals surface area contributed by atoms with Gasteiger partial charge in [-0.3, -0.25) is 0 Å². The third kappa shape index (κ3) is 3.06. The first kappa shape index (κ1) is 14.1. The molecule has 1 aliphatic heterocycles. The van der Waals surface area contributed by atoms with Gasteiger partial charge in [-0.15, -0.1) is 12.4 Å². The third-order valence-corrected chi connectivity index (χ3v) is 4.23. The molecule has 0 aromatic heterocycles. The maximum atomic E-state index is 11.6. The molecule has 0 bridgehead atoms. The van der Waals surface area contributed by atoms with Gasteiger partial charge in [0.15, 0.2) is 0 Å². The summed E-state index contributed by atoms with van der Waals surface area (Å²) in [5, 5.41) is 0. The highest BCUT2D eigenvalue weighted by Crippen LogP contribution is 2.13. The first-order valence-electron chi connectivity index (χ1n) is 4.38. The molecule has 0 saturated carbocycles. The summed E-state index contributed by atoms with van der Waals surface area (Å²) in [4.78, 5) is 0. The summed E-state index contributed by atoms with van der Waals surface area (Å²) in [5.41, 5.74) is 5.68. The van der Waals surface area contributed by atoms with Crippen LogP contribution in [0.5, 0.6) is 0 Å². The van der Waals surface area contributed by atoms with Gasteiger partial charge in [0, 0.05) is 33.2 Å². The Morgan fingerprint density at radius 2 is 1.71 bits per heavy atom. The van der Waals surface area contributed by atoms with E-state index in [1.807, 2.05) is 0 Å². The van der Waals surface area contributed by atoms with Gasteiger partial charge in [0.05, 0.1) is 0 Å². The molecule has 0 aliphatic carbocycles. The lowest BCUT2D eigenvalue weighted by molar-refractivity contribution is 0.303. The number of nitrogens with zero attached hydrogens (tertiary/aromatic N) is 2. The van der Waals surface area contributed by atoms with E-state index in [-0.39, 0.29) is 18.4 Å². The molecule has 1 rings (SSSR count). The molecule has 14 heavy (non-hydrogen) atoms. The molecule has 0 atom stereocenters. The highest BCUT2D eigenvalue weighted by atomic mass is 35.5. The smallest absolute Gasteiger partial charge is 0.281 e. The van der Waals surface area contributed by atoms with E-state index in [1.165, 1.54) is 8.61 Å². The van der Waals surface area contributed by atoms with E-state index in [0.717, 1.165) is 12.8 Å². The molecule has 86 valence electrons. The van der Waals surface area contributed by atoms with Crippen molar-refractivity contribution in [3.63, 3.8) is 0 Å². The van der Waals surface area contributed by atoms with Crippen LogP contribution in [0, 0.1) is 0 Å². The van der Waals surface area contributed by atoms with Crippen LogP contribution in [0.3, 0.4) is 0 Å². The minimum atomic E-state index is -3.21. The molecular formula is C7H18ClN3O2S. The quantitative estimate of drug-likeness (QED) is 0.720. The van der Waals surface area contributed by atoms with Crippen LogP contribution in [0.15, 0.2) is 0 Å². The molecule has 0 radical (unpaired) electrons. The minimum Gasteiger partial charge on any atom is -0.328 e. The van der Waals surface area contributed by atoms with Gasteiger partial charge >= 0.3 is 0 Å². The monoisotopic (exact) mass is 243 g/mol. The van der Waals surface area contributed by atoms with Gasteiger partial charge < -0.3 is 5.73 Å². The van der Waals surface area contributed by atoms with E-state index >= 15 is 0 Å². The van der Waals surface area contributed by atoms with E-state index in [0.29, 0.717) is 13.1 Å². The molecule has 0 amide bonds. The zero-order chi connectivity index (χ0) is 10.1. The van der Waals surface area contributed by atoms with Crippen molar-refractivity contribution in [2.24, 2.45) is 5.73 Å². The number of rotatable bonds is 2. The molecule has 0 aromatic carbocycles. The van der Waals surface area contributed by atoms with Crippen LogP contribution in [-0.4, -0.2) is 50.3 Å². The molecule has 0 spiro atoms. The fourth-order valence-electron chi connectivity index (χ4n) is 1.34. The topological polar surface area (TPSA) is 66.6 Å². The van der Waals surface area contributed by atoms with Crippen LogP contribution in [-0.2, 0) is 10.2 Å². The molecule has 1 heterocycles. The Labute approximate surface area is 91.8 Å². The van der Waals surface area contributed by atoms with Crippen molar-refractivity contribution in [2.45, 2.75) is 18.9 Å².